The third-order valence-electron chi connectivity index (χ3n) is 4.94. The topological polar surface area (TPSA) is 61.4 Å². The van der Waals surface area contributed by atoms with E-state index < -0.39 is 0 Å². The first-order valence-electron chi connectivity index (χ1n) is 8.71. The van der Waals surface area contributed by atoms with Crippen LogP contribution in [0.4, 0.5) is 0 Å². The summed E-state index contributed by atoms with van der Waals surface area (Å²) in [6, 6.07) is 11.7. The van der Waals surface area contributed by atoms with E-state index >= 15 is 0 Å². The van der Waals surface area contributed by atoms with E-state index in [1.807, 2.05) is 37.4 Å². The molecule has 0 saturated carbocycles. The summed E-state index contributed by atoms with van der Waals surface area (Å²) in [5, 5.41) is 16.2. The van der Waals surface area contributed by atoms with Crippen molar-refractivity contribution in [3.8, 4) is 0 Å². The Kier molecular flexibility index (Phi) is 6.20. The summed E-state index contributed by atoms with van der Waals surface area (Å²) in [5.41, 5.74) is 3.90. The van der Waals surface area contributed by atoms with Crippen LogP contribution in [0.25, 0.3) is 0 Å². The quantitative estimate of drug-likeness (QED) is 0.722. The van der Waals surface area contributed by atoms with Crippen LogP contribution in [0.1, 0.15) is 51.8 Å². The van der Waals surface area contributed by atoms with Crippen molar-refractivity contribution in [2.24, 2.45) is 0 Å². The predicted octanol–water partition coefficient (Wildman–Crippen LogP) is 3.90. The SMILES string of the molecule is CN[C@H]1CC[C@@H](c2ccc(Cl)c(Cl)c2)c2cccc(C(=O)NCCO)c21. The largest absolute Gasteiger partial charge is 0.395 e. The number of carbonyl (C=O) groups excluding carboxylic acids is 1. The van der Waals surface area contributed by atoms with Gasteiger partial charge in [0.05, 0.1) is 16.7 Å². The highest BCUT2D eigenvalue weighted by Crippen LogP contribution is 2.43. The highest BCUT2D eigenvalue weighted by atomic mass is 35.5. The highest BCUT2D eigenvalue weighted by molar-refractivity contribution is 6.42. The first-order chi connectivity index (χ1) is 12.6. The Balaban J connectivity index is 2.06. The summed E-state index contributed by atoms with van der Waals surface area (Å²) >= 11 is 12.3. The molecule has 0 fully saturated rings. The Morgan fingerprint density at radius 3 is 2.69 bits per heavy atom. The number of amides is 1. The fourth-order valence-corrected chi connectivity index (χ4v) is 4.04. The monoisotopic (exact) mass is 392 g/mol. The number of carbonyl (C=O) groups is 1. The second kappa shape index (κ2) is 8.40. The maximum atomic E-state index is 12.6. The molecule has 0 spiro atoms. The zero-order valence-corrected chi connectivity index (χ0v) is 16.1. The Morgan fingerprint density at radius 1 is 1.19 bits per heavy atom. The molecule has 2 atom stereocenters. The van der Waals surface area contributed by atoms with Gasteiger partial charge in [-0.25, -0.2) is 0 Å². The third kappa shape index (κ3) is 3.74. The van der Waals surface area contributed by atoms with Gasteiger partial charge in [-0.05, 0) is 54.8 Å². The molecule has 3 N–H and O–H groups in total. The van der Waals surface area contributed by atoms with E-state index in [2.05, 4.69) is 16.7 Å². The number of hydrogen-bond donors (Lipinski definition) is 3. The van der Waals surface area contributed by atoms with E-state index in [9.17, 15) is 4.79 Å². The molecule has 0 saturated heterocycles. The molecule has 0 bridgehead atoms. The van der Waals surface area contributed by atoms with Gasteiger partial charge in [0, 0.05) is 24.1 Å². The van der Waals surface area contributed by atoms with E-state index in [4.69, 9.17) is 28.3 Å². The minimum atomic E-state index is -0.161. The van der Waals surface area contributed by atoms with Gasteiger partial charge in [-0.2, -0.15) is 0 Å². The predicted molar refractivity (Wildman–Crippen MR) is 105 cm³/mol. The van der Waals surface area contributed by atoms with Crippen LogP contribution in [0.2, 0.25) is 10.0 Å². The fourth-order valence-electron chi connectivity index (χ4n) is 3.74. The van der Waals surface area contributed by atoms with Gasteiger partial charge in [0.1, 0.15) is 0 Å². The second-order valence-electron chi connectivity index (χ2n) is 6.43. The first kappa shape index (κ1) is 19.2. The minimum Gasteiger partial charge on any atom is -0.395 e. The van der Waals surface area contributed by atoms with E-state index in [-0.39, 0.29) is 31.0 Å². The summed E-state index contributed by atoms with van der Waals surface area (Å²) in [6.45, 7) is 0.158. The summed E-state index contributed by atoms with van der Waals surface area (Å²) in [6.07, 6.45) is 1.87. The molecule has 1 aliphatic rings. The molecule has 26 heavy (non-hydrogen) atoms. The summed E-state index contributed by atoms with van der Waals surface area (Å²) < 4.78 is 0. The van der Waals surface area contributed by atoms with Crippen LogP contribution in [-0.4, -0.2) is 31.2 Å². The lowest BCUT2D eigenvalue weighted by molar-refractivity contribution is 0.0942. The lowest BCUT2D eigenvalue weighted by Crippen LogP contribution is -2.31. The molecule has 0 radical (unpaired) electrons. The standard InChI is InChI=1S/C20H22Cl2N2O2/c1-23-18-8-6-13(12-5-7-16(21)17(22)11-12)14-3-2-4-15(19(14)18)20(26)24-9-10-25/h2-5,7,11,13,18,23,25H,6,8-10H2,1H3,(H,24,26)/t13-,18-/m0/s1. The van der Waals surface area contributed by atoms with E-state index in [0.717, 1.165) is 29.5 Å². The third-order valence-corrected chi connectivity index (χ3v) is 5.68. The van der Waals surface area contributed by atoms with Gasteiger partial charge in [0.15, 0.2) is 0 Å². The number of fused-ring (bicyclic) bond motifs is 1. The van der Waals surface area contributed by atoms with Gasteiger partial charge in [-0.1, -0.05) is 41.4 Å². The van der Waals surface area contributed by atoms with Crippen molar-refractivity contribution in [1.29, 1.82) is 0 Å². The van der Waals surface area contributed by atoms with Crippen molar-refractivity contribution in [2.45, 2.75) is 24.8 Å². The highest BCUT2D eigenvalue weighted by Gasteiger charge is 2.31. The van der Waals surface area contributed by atoms with Crippen molar-refractivity contribution in [2.75, 3.05) is 20.2 Å². The number of hydrogen-bond acceptors (Lipinski definition) is 3. The van der Waals surface area contributed by atoms with Gasteiger partial charge >= 0.3 is 0 Å². The molecule has 138 valence electrons. The Labute approximate surface area is 163 Å². The van der Waals surface area contributed by atoms with Crippen molar-refractivity contribution < 1.29 is 9.90 Å². The van der Waals surface area contributed by atoms with Crippen LogP contribution < -0.4 is 10.6 Å². The molecular weight excluding hydrogens is 371 g/mol. The second-order valence-corrected chi connectivity index (χ2v) is 7.25. The zero-order valence-electron chi connectivity index (χ0n) is 14.6. The molecule has 4 nitrogen and oxygen atoms in total. The Hall–Kier alpha value is -1.59. The summed E-state index contributed by atoms with van der Waals surface area (Å²) in [7, 11) is 1.91. The van der Waals surface area contributed by atoms with Gasteiger partial charge in [0.25, 0.3) is 5.91 Å². The van der Waals surface area contributed by atoms with Crippen molar-refractivity contribution >= 4 is 29.1 Å². The van der Waals surface area contributed by atoms with Crippen LogP contribution in [0.3, 0.4) is 0 Å². The van der Waals surface area contributed by atoms with Crippen LogP contribution >= 0.6 is 23.2 Å². The Morgan fingerprint density at radius 2 is 2.00 bits per heavy atom. The molecular formula is C20H22Cl2N2O2. The maximum absolute atomic E-state index is 12.6. The number of rotatable bonds is 5. The minimum absolute atomic E-state index is 0.0812. The molecule has 0 aromatic heterocycles. The smallest absolute Gasteiger partial charge is 0.251 e. The normalized spacial score (nSPS) is 19.1. The van der Waals surface area contributed by atoms with Crippen molar-refractivity contribution in [3.05, 3.63) is 68.7 Å². The van der Waals surface area contributed by atoms with Crippen LogP contribution in [0.5, 0.6) is 0 Å². The summed E-state index contributed by atoms with van der Waals surface area (Å²) in [4.78, 5) is 12.6. The Bertz CT molecular complexity index is 810. The molecule has 0 heterocycles. The zero-order chi connectivity index (χ0) is 18.7. The summed E-state index contributed by atoms with van der Waals surface area (Å²) in [5.74, 6) is 0.000831. The van der Waals surface area contributed by atoms with Crippen LogP contribution in [0.15, 0.2) is 36.4 Å². The molecule has 2 aromatic rings. The number of benzene rings is 2. The fraction of sp³-hybridized carbons (Fsp3) is 0.350. The van der Waals surface area contributed by atoms with E-state index in [1.165, 1.54) is 0 Å². The van der Waals surface area contributed by atoms with Crippen LogP contribution in [0, 0.1) is 0 Å². The maximum Gasteiger partial charge on any atom is 0.251 e. The van der Waals surface area contributed by atoms with Gasteiger partial charge in [0.2, 0.25) is 0 Å². The first-order valence-corrected chi connectivity index (χ1v) is 9.46. The van der Waals surface area contributed by atoms with E-state index in [1.54, 1.807) is 0 Å². The number of aliphatic hydroxyl groups is 1. The van der Waals surface area contributed by atoms with Gasteiger partial charge in [-0.3, -0.25) is 4.79 Å². The van der Waals surface area contributed by atoms with Gasteiger partial charge < -0.3 is 15.7 Å². The van der Waals surface area contributed by atoms with Crippen LogP contribution in [-0.2, 0) is 0 Å². The lowest BCUT2D eigenvalue weighted by atomic mass is 9.75. The average molecular weight is 393 g/mol. The average Bonchev–Trinajstić information content (AvgIpc) is 2.67. The number of nitrogens with one attached hydrogen (secondary N) is 2. The number of aliphatic hydroxyl groups excluding tert-OH is 1. The molecule has 0 unspecified atom stereocenters. The van der Waals surface area contributed by atoms with Crippen molar-refractivity contribution in [3.63, 3.8) is 0 Å². The molecule has 3 rings (SSSR count). The molecule has 1 amide bonds. The molecule has 0 aliphatic heterocycles. The number of halogens is 2. The van der Waals surface area contributed by atoms with Crippen molar-refractivity contribution in [1.82, 2.24) is 10.6 Å². The molecule has 1 aliphatic carbocycles. The molecule has 2 aromatic carbocycles. The van der Waals surface area contributed by atoms with Gasteiger partial charge in [-0.15, -0.1) is 0 Å². The lowest BCUT2D eigenvalue weighted by Gasteiger charge is -2.33. The molecule has 6 heteroatoms. The van der Waals surface area contributed by atoms with E-state index in [0.29, 0.717) is 15.6 Å².